The predicted molar refractivity (Wildman–Crippen MR) is 144 cm³/mol. The molecule has 0 aliphatic carbocycles. The number of amides is 1. The summed E-state index contributed by atoms with van der Waals surface area (Å²) in [6.45, 7) is 2.13. The molecule has 5 rings (SSSR count). The number of aryl methyl sites for hydroxylation is 1. The number of carbonyl (C=O) groups excluding carboxylic acids is 1. The number of rotatable bonds is 8. The number of carbonyl (C=O) groups is 1. The summed E-state index contributed by atoms with van der Waals surface area (Å²) in [5.41, 5.74) is 4.25. The molecule has 0 saturated heterocycles. The van der Waals surface area contributed by atoms with Crippen LogP contribution in [0.1, 0.15) is 11.4 Å². The molecular weight excluding hydrogens is 507 g/mol. The number of nitrogens with zero attached hydrogens (tertiary/aromatic N) is 5. The predicted octanol–water partition coefficient (Wildman–Crippen LogP) is 5.07. The maximum Gasteiger partial charge on any atom is 0.230 e. The van der Waals surface area contributed by atoms with E-state index in [9.17, 15) is 14.3 Å². The van der Waals surface area contributed by atoms with Gasteiger partial charge in [0, 0.05) is 39.3 Å². The molecule has 0 fully saturated rings. The Morgan fingerprint density at radius 1 is 1.08 bits per heavy atom. The molecule has 2 aromatic carbocycles. The molecular formula is C28H24ClFN6O2. The molecule has 0 saturated carbocycles. The van der Waals surface area contributed by atoms with Gasteiger partial charge in [0.2, 0.25) is 5.91 Å². The standard InChI is InChI=1S/C28H24ClFN6O2/c1-18-3-2-4-27(32-18)36-26(14-23(34-36)15-28(38)33-22-8-6-21(29)7-9-22)19-5-10-25(30)24(13-19)20-16-31-35(17-20)11-12-37/h2-10,13-14,16-17,37H,11-12,15H2,1H3,(H,33,38). The van der Waals surface area contributed by atoms with E-state index >= 15 is 0 Å². The van der Waals surface area contributed by atoms with Crippen molar-refractivity contribution < 1.29 is 14.3 Å². The van der Waals surface area contributed by atoms with Gasteiger partial charge in [-0.15, -0.1) is 0 Å². The zero-order valence-electron chi connectivity index (χ0n) is 20.5. The number of pyridine rings is 1. The van der Waals surface area contributed by atoms with Crippen LogP contribution in [0.4, 0.5) is 10.1 Å². The van der Waals surface area contributed by atoms with Crippen molar-refractivity contribution in [2.75, 3.05) is 11.9 Å². The molecule has 3 aromatic heterocycles. The summed E-state index contributed by atoms with van der Waals surface area (Å²) in [4.78, 5) is 17.4. The van der Waals surface area contributed by atoms with Crippen LogP contribution in [0.15, 0.2) is 79.1 Å². The molecule has 1 amide bonds. The third-order valence-electron chi connectivity index (χ3n) is 5.86. The second-order valence-electron chi connectivity index (χ2n) is 8.71. The van der Waals surface area contributed by atoms with Crippen molar-refractivity contribution >= 4 is 23.2 Å². The highest BCUT2D eigenvalue weighted by molar-refractivity contribution is 6.30. The van der Waals surface area contributed by atoms with Gasteiger partial charge in [-0.25, -0.2) is 14.1 Å². The van der Waals surface area contributed by atoms with Crippen LogP contribution in [0, 0.1) is 12.7 Å². The first-order valence-electron chi connectivity index (χ1n) is 11.9. The summed E-state index contributed by atoms with van der Waals surface area (Å²) in [5, 5.41) is 21.5. The molecule has 3 heterocycles. The smallest absolute Gasteiger partial charge is 0.230 e. The molecule has 8 nitrogen and oxygen atoms in total. The van der Waals surface area contributed by atoms with E-state index in [0.717, 1.165) is 5.69 Å². The molecule has 0 spiro atoms. The molecule has 0 atom stereocenters. The topological polar surface area (TPSA) is 97.9 Å². The molecule has 0 aliphatic heterocycles. The summed E-state index contributed by atoms with van der Waals surface area (Å²) in [6.07, 6.45) is 3.27. The first kappa shape index (κ1) is 25.3. The van der Waals surface area contributed by atoms with Gasteiger partial charge < -0.3 is 10.4 Å². The lowest BCUT2D eigenvalue weighted by molar-refractivity contribution is -0.115. The van der Waals surface area contributed by atoms with E-state index in [1.165, 1.54) is 6.07 Å². The minimum absolute atomic E-state index is 0.0242. The fraction of sp³-hybridized carbons (Fsp3) is 0.143. The van der Waals surface area contributed by atoms with Crippen molar-refractivity contribution in [3.63, 3.8) is 0 Å². The molecule has 192 valence electrons. The average Bonchev–Trinajstić information content (AvgIpc) is 3.53. The summed E-state index contributed by atoms with van der Waals surface area (Å²) >= 11 is 5.93. The maximum atomic E-state index is 14.9. The Bertz CT molecular complexity index is 1600. The molecule has 0 radical (unpaired) electrons. The molecule has 0 bridgehead atoms. The van der Waals surface area contributed by atoms with Gasteiger partial charge >= 0.3 is 0 Å². The van der Waals surface area contributed by atoms with Crippen molar-refractivity contribution in [3.8, 4) is 28.2 Å². The van der Waals surface area contributed by atoms with Crippen LogP contribution in [-0.4, -0.2) is 42.2 Å². The Balaban J connectivity index is 1.51. The fourth-order valence-corrected chi connectivity index (χ4v) is 4.21. The third-order valence-corrected chi connectivity index (χ3v) is 6.11. The van der Waals surface area contributed by atoms with Crippen molar-refractivity contribution in [3.05, 3.63) is 101 Å². The van der Waals surface area contributed by atoms with Gasteiger partial charge in [-0.05, 0) is 67.6 Å². The minimum Gasteiger partial charge on any atom is -0.394 e. The number of hydrogen-bond donors (Lipinski definition) is 2. The maximum absolute atomic E-state index is 14.9. The SMILES string of the molecule is Cc1cccc(-n2nc(CC(=O)Nc3ccc(Cl)cc3)cc2-c2ccc(F)c(-c3cnn(CCO)c3)c2)n1. The monoisotopic (exact) mass is 530 g/mol. The quantitative estimate of drug-likeness (QED) is 0.292. The number of halogens is 2. The molecule has 10 heteroatoms. The van der Waals surface area contributed by atoms with Gasteiger partial charge in [-0.2, -0.15) is 10.2 Å². The average molecular weight is 531 g/mol. The van der Waals surface area contributed by atoms with Crippen molar-refractivity contribution in [1.82, 2.24) is 24.5 Å². The van der Waals surface area contributed by atoms with Crippen LogP contribution < -0.4 is 5.32 Å². The van der Waals surface area contributed by atoms with Crippen LogP contribution in [0.5, 0.6) is 0 Å². The third kappa shape index (κ3) is 5.64. The summed E-state index contributed by atoms with van der Waals surface area (Å²) in [6, 6.07) is 19.0. The van der Waals surface area contributed by atoms with E-state index in [-0.39, 0.29) is 18.9 Å². The highest BCUT2D eigenvalue weighted by Crippen LogP contribution is 2.30. The normalized spacial score (nSPS) is 11.1. The molecule has 2 N–H and O–H groups in total. The van der Waals surface area contributed by atoms with Gasteiger partial charge in [-0.1, -0.05) is 17.7 Å². The summed E-state index contributed by atoms with van der Waals surface area (Å²) in [7, 11) is 0. The van der Waals surface area contributed by atoms with Crippen LogP contribution in [0.25, 0.3) is 28.2 Å². The van der Waals surface area contributed by atoms with Crippen molar-refractivity contribution in [2.45, 2.75) is 19.9 Å². The van der Waals surface area contributed by atoms with E-state index in [1.807, 2.05) is 25.1 Å². The lowest BCUT2D eigenvalue weighted by Gasteiger charge is -2.09. The van der Waals surface area contributed by atoms with Crippen LogP contribution >= 0.6 is 11.6 Å². The van der Waals surface area contributed by atoms with E-state index in [2.05, 4.69) is 20.5 Å². The van der Waals surface area contributed by atoms with E-state index < -0.39 is 5.82 Å². The Kier molecular flexibility index (Phi) is 7.30. The number of aromatic nitrogens is 5. The van der Waals surface area contributed by atoms with Crippen molar-refractivity contribution in [1.29, 1.82) is 0 Å². The number of aliphatic hydroxyl groups is 1. The number of benzene rings is 2. The number of anilines is 1. The molecule has 38 heavy (non-hydrogen) atoms. The molecule has 5 aromatic rings. The minimum atomic E-state index is -0.403. The van der Waals surface area contributed by atoms with Gasteiger partial charge in [0.1, 0.15) is 5.82 Å². The van der Waals surface area contributed by atoms with E-state index in [0.29, 0.717) is 51.2 Å². The van der Waals surface area contributed by atoms with E-state index in [4.69, 9.17) is 11.6 Å². The van der Waals surface area contributed by atoms with Gasteiger partial charge in [0.05, 0.1) is 37.2 Å². The Morgan fingerprint density at radius 3 is 2.66 bits per heavy atom. The first-order chi connectivity index (χ1) is 18.4. The Morgan fingerprint density at radius 2 is 1.89 bits per heavy atom. The Labute approximate surface area is 223 Å². The molecule has 0 unspecified atom stereocenters. The van der Waals surface area contributed by atoms with E-state index in [1.54, 1.807) is 64.2 Å². The first-order valence-corrected chi connectivity index (χ1v) is 12.3. The Hall–Kier alpha value is -4.34. The van der Waals surface area contributed by atoms with Crippen LogP contribution in [0.2, 0.25) is 5.02 Å². The summed E-state index contributed by atoms with van der Waals surface area (Å²) < 4.78 is 18.1. The number of aliphatic hydroxyl groups excluding tert-OH is 1. The van der Waals surface area contributed by atoms with Gasteiger partial charge in [-0.3, -0.25) is 9.48 Å². The lowest BCUT2D eigenvalue weighted by Crippen LogP contribution is -2.15. The second-order valence-corrected chi connectivity index (χ2v) is 9.15. The fourth-order valence-electron chi connectivity index (χ4n) is 4.08. The second kappa shape index (κ2) is 11.0. The van der Waals surface area contributed by atoms with Crippen LogP contribution in [0.3, 0.4) is 0 Å². The largest absolute Gasteiger partial charge is 0.394 e. The highest BCUT2D eigenvalue weighted by atomic mass is 35.5. The zero-order valence-corrected chi connectivity index (χ0v) is 21.2. The van der Waals surface area contributed by atoms with Crippen LogP contribution in [-0.2, 0) is 17.8 Å². The molecule has 0 aliphatic rings. The number of nitrogens with one attached hydrogen (secondary N) is 1. The van der Waals surface area contributed by atoms with Gasteiger partial charge in [0.25, 0.3) is 0 Å². The lowest BCUT2D eigenvalue weighted by atomic mass is 10.0. The zero-order chi connectivity index (χ0) is 26.6. The van der Waals surface area contributed by atoms with Crippen molar-refractivity contribution in [2.24, 2.45) is 0 Å². The highest BCUT2D eigenvalue weighted by Gasteiger charge is 2.18. The summed E-state index contributed by atoms with van der Waals surface area (Å²) in [5.74, 6) is -0.0672. The van der Waals surface area contributed by atoms with Gasteiger partial charge in [0.15, 0.2) is 5.82 Å². The number of hydrogen-bond acceptors (Lipinski definition) is 5.